The molecule has 1 aliphatic carbocycles. The molecule has 0 saturated heterocycles. The van der Waals surface area contributed by atoms with Gasteiger partial charge in [-0.2, -0.15) is 0 Å². The predicted octanol–water partition coefficient (Wildman–Crippen LogP) is 1.32. The van der Waals surface area contributed by atoms with Crippen molar-refractivity contribution < 1.29 is 9.90 Å². The van der Waals surface area contributed by atoms with Crippen molar-refractivity contribution in [2.75, 3.05) is 12.3 Å². The molecule has 0 bridgehead atoms. The van der Waals surface area contributed by atoms with Crippen LogP contribution in [-0.4, -0.2) is 17.6 Å². The number of nitrogens with one attached hydrogen (secondary N) is 1. The van der Waals surface area contributed by atoms with Gasteiger partial charge >= 0.3 is 5.97 Å². The zero-order valence-electron chi connectivity index (χ0n) is 9.07. The van der Waals surface area contributed by atoms with E-state index in [0.29, 0.717) is 6.54 Å². The summed E-state index contributed by atoms with van der Waals surface area (Å²) in [4.78, 5) is 10.4. The summed E-state index contributed by atoms with van der Waals surface area (Å²) in [6.45, 7) is 0.518. The Bertz CT molecular complexity index is 404. The molecule has 0 heterocycles. The molecule has 4 N–H and O–H groups in total. The number of carbonyl (C=O) groups is 1. The Kier molecular flexibility index (Phi) is 3.10. The highest BCUT2D eigenvalue weighted by molar-refractivity contribution is 5.66. The van der Waals surface area contributed by atoms with Crippen LogP contribution < -0.4 is 11.1 Å². The Labute approximate surface area is 94.5 Å². The summed E-state index contributed by atoms with van der Waals surface area (Å²) in [5.41, 5.74) is 9.06. The second-order valence-corrected chi connectivity index (χ2v) is 4.15. The number of benzene rings is 1. The van der Waals surface area contributed by atoms with Crippen LogP contribution in [0.15, 0.2) is 18.2 Å². The van der Waals surface area contributed by atoms with Crippen LogP contribution in [0.25, 0.3) is 0 Å². The van der Waals surface area contributed by atoms with Crippen molar-refractivity contribution in [2.24, 2.45) is 0 Å². The van der Waals surface area contributed by atoms with Gasteiger partial charge < -0.3 is 16.2 Å². The van der Waals surface area contributed by atoms with Gasteiger partial charge in [0.25, 0.3) is 0 Å². The summed E-state index contributed by atoms with van der Waals surface area (Å²) in [6, 6.07) is 6.23. The van der Waals surface area contributed by atoms with Gasteiger partial charge in [0.15, 0.2) is 0 Å². The number of fused-ring (bicyclic) bond motifs is 1. The van der Waals surface area contributed by atoms with E-state index in [9.17, 15) is 4.79 Å². The van der Waals surface area contributed by atoms with Crippen LogP contribution in [0.4, 0.5) is 5.69 Å². The van der Waals surface area contributed by atoms with Crippen LogP contribution in [0, 0.1) is 0 Å². The van der Waals surface area contributed by atoms with Crippen LogP contribution in [0.2, 0.25) is 0 Å². The first-order valence-electron chi connectivity index (χ1n) is 5.50. The molecule has 1 atom stereocenters. The standard InChI is InChI=1S/C12H16N2O2/c13-9-2-3-10-8(7-9)1-4-11(10)14-6-5-12(15)16/h2-3,7,11,14H,1,4-6,13H2,(H,15,16). The summed E-state index contributed by atoms with van der Waals surface area (Å²) < 4.78 is 0. The maximum atomic E-state index is 10.4. The molecule has 0 fully saturated rings. The smallest absolute Gasteiger partial charge is 0.304 e. The van der Waals surface area contributed by atoms with E-state index >= 15 is 0 Å². The summed E-state index contributed by atoms with van der Waals surface area (Å²) in [7, 11) is 0. The molecule has 0 aromatic heterocycles. The number of hydrogen-bond donors (Lipinski definition) is 3. The first-order valence-corrected chi connectivity index (χ1v) is 5.50. The highest BCUT2D eigenvalue weighted by Crippen LogP contribution is 2.32. The van der Waals surface area contributed by atoms with Gasteiger partial charge in [0.1, 0.15) is 0 Å². The fourth-order valence-electron chi connectivity index (χ4n) is 2.20. The lowest BCUT2D eigenvalue weighted by Gasteiger charge is -2.13. The molecular formula is C12H16N2O2. The monoisotopic (exact) mass is 220 g/mol. The van der Waals surface area contributed by atoms with Crippen LogP contribution >= 0.6 is 0 Å². The van der Waals surface area contributed by atoms with E-state index < -0.39 is 5.97 Å². The molecule has 0 amide bonds. The van der Waals surface area contributed by atoms with Crippen molar-refractivity contribution in [3.05, 3.63) is 29.3 Å². The molecule has 86 valence electrons. The Morgan fingerprint density at radius 2 is 2.38 bits per heavy atom. The molecule has 1 unspecified atom stereocenters. The molecule has 4 nitrogen and oxygen atoms in total. The minimum absolute atomic E-state index is 0.167. The van der Waals surface area contributed by atoms with Crippen molar-refractivity contribution in [2.45, 2.75) is 25.3 Å². The van der Waals surface area contributed by atoms with Crippen LogP contribution in [0.3, 0.4) is 0 Å². The highest BCUT2D eigenvalue weighted by atomic mass is 16.4. The molecule has 1 aromatic rings. The zero-order valence-corrected chi connectivity index (χ0v) is 9.07. The van der Waals surface area contributed by atoms with Gasteiger partial charge in [0.05, 0.1) is 6.42 Å². The minimum Gasteiger partial charge on any atom is -0.481 e. The first kappa shape index (κ1) is 11.0. The predicted molar refractivity (Wildman–Crippen MR) is 62.2 cm³/mol. The van der Waals surface area contributed by atoms with Crippen LogP contribution in [0.5, 0.6) is 0 Å². The van der Waals surface area contributed by atoms with Crippen molar-refractivity contribution in [1.82, 2.24) is 5.32 Å². The number of rotatable bonds is 4. The lowest BCUT2D eigenvalue weighted by atomic mass is 10.1. The first-order chi connectivity index (χ1) is 7.66. The summed E-state index contributed by atoms with van der Waals surface area (Å²) in [5, 5.41) is 11.8. The molecule has 0 radical (unpaired) electrons. The van der Waals surface area contributed by atoms with Gasteiger partial charge in [0.2, 0.25) is 0 Å². The summed E-state index contributed by atoms with van der Waals surface area (Å²) in [5.74, 6) is -0.761. The van der Waals surface area contributed by atoms with Crippen LogP contribution in [0.1, 0.15) is 30.0 Å². The molecule has 0 spiro atoms. The van der Waals surface area contributed by atoms with Crippen LogP contribution in [-0.2, 0) is 11.2 Å². The molecule has 0 aliphatic heterocycles. The molecule has 4 heteroatoms. The van der Waals surface area contributed by atoms with Crippen molar-refractivity contribution in [1.29, 1.82) is 0 Å². The average molecular weight is 220 g/mol. The number of nitrogens with two attached hydrogens (primary N) is 1. The highest BCUT2D eigenvalue weighted by Gasteiger charge is 2.21. The third kappa shape index (κ3) is 2.33. The van der Waals surface area contributed by atoms with Gasteiger partial charge in [-0.25, -0.2) is 0 Å². The third-order valence-corrected chi connectivity index (χ3v) is 2.97. The Morgan fingerprint density at radius 1 is 1.56 bits per heavy atom. The largest absolute Gasteiger partial charge is 0.481 e. The van der Waals surface area contributed by atoms with E-state index in [1.54, 1.807) is 0 Å². The Balaban J connectivity index is 1.98. The molecule has 16 heavy (non-hydrogen) atoms. The minimum atomic E-state index is -0.761. The molecule has 1 aromatic carbocycles. The number of hydrogen-bond acceptors (Lipinski definition) is 3. The van der Waals surface area contributed by atoms with Gasteiger partial charge in [-0.3, -0.25) is 4.79 Å². The van der Waals surface area contributed by atoms with Gasteiger partial charge in [-0.15, -0.1) is 0 Å². The lowest BCUT2D eigenvalue weighted by Crippen LogP contribution is -2.22. The topological polar surface area (TPSA) is 75.3 Å². The molecule has 2 rings (SSSR count). The van der Waals surface area contributed by atoms with E-state index in [4.69, 9.17) is 10.8 Å². The normalized spacial score (nSPS) is 18.4. The number of carboxylic acid groups (broad SMARTS) is 1. The lowest BCUT2D eigenvalue weighted by molar-refractivity contribution is -0.136. The second kappa shape index (κ2) is 4.53. The number of carboxylic acids is 1. The number of aliphatic carboxylic acids is 1. The van der Waals surface area contributed by atoms with E-state index in [1.165, 1.54) is 11.1 Å². The zero-order chi connectivity index (χ0) is 11.5. The van der Waals surface area contributed by atoms with Crippen molar-refractivity contribution in [3.63, 3.8) is 0 Å². The SMILES string of the molecule is Nc1ccc2c(c1)CCC2NCCC(=O)O. The maximum Gasteiger partial charge on any atom is 0.304 e. The quantitative estimate of drug-likeness (QED) is 0.669. The third-order valence-electron chi connectivity index (χ3n) is 2.97. The van der Waals surface area contributed by atoms with Gasteiger partial charge in [0, 0.05) is 18.3 Å². The summed E-state index contributed by atoms with van der Waals surface area (Å²) in [6.07, 6.45) is 2.21. The van der Waals surface area contributed by atoms with Gasteiger partial charge in [-0.05, 0) is 36.1 Å². The van der Waals surface area contributed by atoms with Crippen molar-refractivity contribution >= 4 is 11.7 Å². The Hall–Kier alpha value is -1.55. The fraction of sp³-hybridized carbons (Fsp3) is 0.417. The molecular weight excluding hydrogens is 204 g/mol. The fourth-order valence-corrected chi connectivity index (χ4v) is 2.20. The van der Waals surface area contributed by atoms with Gasteiger partial charge in [-0.1, -0.05) is 6.07 Å². The number of aryl methyl sites for hydroxylation is 1. The van der Waals surface area contributed by atoms with E-state index in [0.717, 1.165) is 18.5 Å². The number of anilines is 1. The molecule has 1 aliphatic rings. The second-order valence-electron chi connectivity index (χ2n) is 4.15. The van der Waals surface area contributed by atoms with E-state index in [1.807, 2.05) is 18.2 Å². The number of nitrogen functional groups attached to an aromatic ring is 1. The average Bonchev–Trinajstić information content (AvgIpc) is 2.60. The Morgan fingerprint density at radius 3 is 3.12 bits per heavy atom. The maximum absolute atomic E-state index is 10.4. The summed E-state index contributed by atoms with van der Waals surface area (Å²) >= 11 is 0. The van der Waals surface area contributed by atoms with E-state index in [-0.39, 0.29) is 12.5 Å². The van der Waals surface area contributed by atoms with Crippen molar-refractivity contribution in [3.8, 4) is 0 Å². The van der Waals surface area contributed by atoms with E-state index in [2.05, 4.69) is 5.32 Å². The molecule has 0 saturated carbocycles.